The van der Waals surface area contributed by atoms with Crippen LogP contribution in [0.15, 0.2) is 23.3 Å². The van der Waals surface area contributed by atoms with Crippen molar-refractivity contribution in [3.63, 3.8) is 0 Å². The molecule has 0 radical (unpaired) electrons. The molecule has 2 N–H and O–H groups in total. The summed E-state index contributed by atoms with van der Waals surface area (Å²) in [7, 11) is 0. The number of amides is 1. The Balaban J connectivity index is 3.05. The van der Waals surface area contributed by atoms with E-state index in [9.17, 15) is 22.8 Å². The maximum Gasteiger partial charge on any atom is 0.331 e. The fourth-order valence-corrected chi connectivity index (χ4v) is 1.17. The van der Waals surface area contributed by atoms with E-state index in [-0.39, 0.29) is 11.1 Å². The lowest BCUT2D eigenvalue weighted by atomic mass is 10.1. The van der Waals surface area contributed by atoms with E-state index in [4.69, 9.17) is 5.11 Å². The molecule has 0 bridgehead atoms. The van der Waals surface area contributed by atoms with E-state index in [1.54, 1.807) is 0 Å². The maximum absolute atomic E-state index is 13.3. The molecule has 0 aliphatic carbocycles. The van der Waals surface area contributed by atoms with E-state index in [1.807, 2.05) is 5.32 Å². The first-order valence-electron chi connectivity index (χ1n) is 5.11. The van der Waals surface area contributed by atoms with Crippen LogP contribution in [-0.2, 0) is 9.59 Å². The number of hydrogen-bond donors (Lipinski definition) is 2. The van der Waals surface area contributed by atoms with Crippen LogP contribution in [0.25, 0.3) is 0 Å². The SMILES string of the molecule is CC(C(=O)O)=C(C)C(=O)Nc1ccc(F)c(F)c1F. The van der Waals surface area contributed by atoms with Crippen LogP contribution in [0.2, 0.25) is 0 Å². The van der Waals surface area contributed by atoms with Crippen molar-refractivity contribution >= 4 is 17.6 Å². The average Bonchev–Trinajstić information content (AvgIpc) is 2.37. The van der Waals surface area contributed by atoms with Crippen molar-refractivity contribution in [1.29, 1.82) is 0 Å². The summed E-state index contributed by atoms with van der Waals surface area (Å²) in [5.41, 5.74) is -0.974. The normalized spacial score (nSPS) is 11.8. The van der Waals surface area contributed by atoms with Gasteiger partial charge in [0.05, 0.1) is 5.69 Å². The number of carbonyl (C=O) groups excluding carboxylic acids is 1. The second kappa shape index (κ2) is 5.55. The lowest BCUT2D eigenvalue weighted by molar-refractivity contribution is -0.133. The number of carboxylic acids is 1. The summed E-state index contributed by atoms with van der Waals surface area (Å²) in [5.74, 6) is -6.86. The van der Waals surface area contributed by atoms with Gasteiger partial charge >= 0.3 is 5.97 Å². The van der Waals surface area contributed by atoms with Crippen molar-refractivity contribution in [3.8, 4) is 0 Å². The Hall–Kier alpha value is -2.31. The van der Waals surface area contributed by atoms with Gasteiger partial charge in [-0.3, -0.25) is 4.79 Å². The van der Waals surface area contributed by atoms with E-state index in [0.29, 0.717) is 6.07 Å². The molecule has 0 spiro atoms. The molecule has 0 unspecified atom stereocenters. The third-order valence-corrected chi connectivity index (χ3v) is 2.51. The molecule has 1 amide bonds. The number of carboxylic acid groups (broad SMARTS) is 1. The third-order valence-electron chi connectivity index (χ3n) is 2.51. The first-order chi connectivity index (χ1) is 8.75. The molecular weight excluding hydrogens is 263 g/mol. The lowest BCUT2D eigenvalue weighted by Gasteiger charge is -2.08. The van der Waals surface area contributed by atoms with Crippen LogP contribution in [0, 0.1) is 17.5 Å². The summed E-state index contributed by atoms with van der Waals surface area (Å²) in [6, 6.07) is 1.49. The predicted octanol–water partition coefficient (Wildman–Crippen LogP) is 2.46. The Bertz CT molecular complexity index is 582. The van der Waals surface area contributed by atoms with Gasteiger partial charge in [0.15, 0.2) is 17.5 Å². The third kappa shape index (κ3) is 3.12. The highest BCUT2D eigenvalue weighted by molar-refractivity contribution is 6.08. The van der Waals surface area contributed by atoms with Crippen LogP contribution in [-0.4, -0.2) is 17.0 Å². The highest BCUT2D eigenvalue weighted by atomic mass is 19.2. The number of benzene rings is 1. The monoisotopic (exact) mass is 273 g/mol. The molecule has 0 aromatic heterocycles. The number of nitrogens with one attached hydrogen (secondary N) is 1. The number of anilines is 1. The molecule has 102 valence electrons. The van der Waals surface area contributed by atoms with Gasteiger partial charge in [-0.15, -0.1) is 0 Å². The van der Waals surface area contributed by atoms with Crippen molar-refractivity contribution in [2.75, 3.05) is 5.32 Å². The molecule has 0 saturated carbocycles. The minimum Gasteiger partial charge on any atom is -0.478 e. The second-order valence-corrected chi connectivity index (χ2v) is 3.73. The van der Waals surface area contributed by atoms with E-state index >= 15 is 0 Å². The summed E-state index contributed by atoms with van der Waals surface area (Å²) in [5, 5.41) is 10.7. The largest absolute Gasteiger partial charge is 0.478 e. The van der Waals surface area contributed by atoms with E-state index in [0.717, 1.165) is 6.07 Å². The van der Waals surface area contributed by atoms with Gasteiger partial charge in [0.25, 0.3) is 5.91 Å². The molecule has 1 rings (SSSR count). The highest BCUT2D eigenvalue weighted by Gasteiger charge is 2.17. The summed E-state index contributed by atoms with van der Waals surface area (Å²) in [6.07, 6.45) is 0. The Morgan fingerprint density at radius 1 is 1.05 bits per heavy atom. The predicted molar refractivity (Wildman–Crippen MR) is 61.0 cm³/mol. The topological polar surface area (TPSA) is 66.4 Å². The quantitative estimate of drug-likeness (QED) is 0.656. The van der Waals surface area contributed by atoms with E-state index < -0.39 is 35.0 Å². The molecule has 1 aromatic carbocycles. The molecule has 1 aromatic rings. The fourth-order valence-electron chi connectivity index (χ4n) is 1.17. The summed E-state index contributed by atoms with van der Waals surface area (Å²) < 4.78 is 38.9. The summed E-state index contributed by atoms with van der Waals surface area (Å²) in [4.78, 5) is 22.2. The van der Waals surface area contributed by atoms with Crippen LogP contribution < -0.4 is 5.32 Å². The molecule has 0 aliphatic rings. The first kappa shape index (κ1) is 14.7. The van der Waals surface area contributed by atoms with Crippen molar-refractivity contribution in [2.24, 2.45) is 0 Å². The molecular formula is C12H10F3NO3. The van der Waals surface area contributed by atoms with Crippen LogP contribution >= 0.6 is 0 Å². The minimum atomic E-state index is -1.71. The number of rotatable bonds is 3. The Morgan fingerprint density at radius 3 is 2.16 bits per heavy atom. The average molecular weight is 273 g/mol. The number of aliphatic carboxylic acids is 1. The van der Waals surface area contributed by atoms with Crippen LogP contribution in [0.3, 0.4) is 0 Å². The molecule has 19 heavy (non-hydrogen) atoms. The van der Waals surface area contributed by atoms with Gasteiger partial charge in [-0.2, -0.15) is 0 Å². The smallest absolute Gasteiger partial charge is 0.331 e. The maximum atomic E-state index is 13.3. The molecule has 0 fully saturated rings. The van der Waals surface area contributed by atoms with Gasteiger partial charge in [0, 0.05) is 11.1 Å². The van der Waals surface area contributed by atoms with Gasteiger partial charge in [-0.1, -0.05) is 0 Å². The van der Waals surface area contributed by atoms with Crippen molar-refractivity contribution < 1.29 is 27.9 Å². The zero-order valence-corrected chi connectivity index (χ0v) is 10.1. The Kier molecular flexibility index (Phi) is 4.31. The summed E-state index contributed by atoms with van der Waals surface area (Å²) in [6.45, 7) is 2.41. The second-order valence-electron chi connectivity index (χ2n) is 3.73. The minimum absolute atomic E-state index is 0.170. The molecule has 0 atom stereocenters. The van der Waals surface area contributed by atoms with Crippen LogP contribution in [0.1, 0.15) is 13.8 Å². The van der Waals surface area contributed by atoms with Crippen LogP contribution in [0.5, 0.6) is 0 Å². The fraction of sp³-hybridized carbons (Fsp3) is 0.167. The van der Waals surface area contributed by atoms with Crippen molar-refractivity contribution in [2.45, 2.75) is 13.8 Å². The highest BCUT2D eigenvalue weighted by Crippen LogP contribution is 2.20. The number of hydrogen-bond acceptors (Lipinski definition) is 2. The zero-order valence-electron chi connectivity index (χ0n) is 10.1. The van der Waals surface area contributed by atoms with Crippen molar-refractivity contribution in [3.05, 3.63) is 40.7 Å². The Labute approximate surface area is 106 Å². The van der Waals surface area contributed by atoms with Gasteiger partial charge in [0.2, 0.25) is 0 Å². The van der Waals surface area contributed by atoms with Gasteiger partial charge in [0.1, 0.15) is 0 Å². The summed E-state index contributed by atoms with van der Waals surface area (Å²) >= 11 is 0. The van der Waals surface area contributed by atoms with E-state index in [2.05, 4.69) is 0 Å². The van der Waals surface area contributed by atoms with Gasteiger partial charge in [-0.25, -0.2) is 18.0 Å². The van der Waals surface area contributed by atoms with Gasteiger partial charge < -0.3 is 10.4 Å². The van der Waals surface area contributed by atoms with Crippen LogP contribution in [0.4, 0.5) is 18.9 Å². The molecule has 0 aliphatic heterocycles. The Morgan fingerprint density at radius 2 is 1.63 bits per heavy atom. The molecule has 4 nitrogen and oxygen atoms in total. The van der Waals surface area contributed by atoms with Gasteiger partial charge in [-0.05, 0) is 26.0 Å². The number of carbonyl (C=O) groups is 2. The van der Waals surface area contributed by atoms with E-state index in [1.165, 1.54) is 13.8 Å². The number of halogens is 3. The lowest BCUT2D eigenvalue weighted by Crippen LogP contribution is -2.17. The first-order valence-corrected chi connectivity index (χ1v) is 5.11. The molecule has 7 heteroatoms. The zero-order chi connectivity index (χ0) is 14.7. The standard InChI is InChI=1S/C12H10F3NO3/c1-5(6(2)12(18)19)11(17)16-8-4-3-7(13)9(14)10(8)15/h3-4H,1-2H3,(H,16,17)(H,18,19). The molecule has 0 saturated heterocycles. The molecule has 0 heterocycles. The van der Waals surface area contributed by atoms with Crippen molar-refractivity contribution in [1.82, 2.24) is 0 Å².